The molecule has 2 aromatic heterocycles. The fourth-order valence-electron chi connectivity index (χ4n) is 2.69. The number of esters is 1. The molecule has 0 radical (unpaired) electrons. The Bertz CT molecular complexity index is 877. The molecule has 1 aliphatic heterocycles. The Morgan fingerprint density at radius 2 is 1.70 bits per heavy atom. The molecule has 0 bridgehead atoms. The number of ether oxygens (including phenoxy) is 4. The number of aromatic nitrogens is 2. The van der Waals surface area contributed by atoms with Gasteiger partial charge in [0.25, 0.3) is 0 Å². The maximum absolute atomic E-state index is 12.2. The SMILES string of the molecule is C1COCCO1.COC(=O)c1c(-c2ccccc2)nn2ccc(OC)cc12. The summed E-state index contributed by atoms with van der Waals surface area (Å²) in [5.41, 5.74) is 2.54. The maximum Gasteiger partial charge on any atom is 0.342 e. The molecule has 0 aliphatic carbocycles. The fraction of sp³-hybridized carbons (Fsp3) is 0.300. The number of fused-ring (bicyclic) bond motifs is 1. The maximum atomic E-state index is 12.2. The summed E-state index contributed by atoms with van der Waals surface area (Å²) in [6, 6.07) is 13.1. The molecule has 3 heterocycles. The molecule has 3 aromatic rings. The number of nitrogens with zero attached hydrogens (tertiary/aromatic N) is 2. The van der Waals surface area contributed by atoms with Crippen molar-refractivity contribution in [1.29, 1.82) is 0 Å². The van der Waals surface area contributed by atoms with Crippen LogP contribution in [0.5, 0.6) is 5.75 Å². The molecule has 0 saturated carbocycles. The van der Waals surface area contributed by atoms with E-state index in [4.69, 9.17) is 18.9 Å². The molecule has 0 N–H and O–H groups in total. The molecule has 1 saturated heterocycles. The van der Waals surface area contributed by atoms with Gasteiger partial charge in [-0.3, -0.25) is 0 Å². The summed E-state index contributed by atoms with van der Waals surface area (Å²) in [4.78, 5) is 12.2. The molecule has 4 rings (SSSR count). The zero-order valence-electron chi connectivity index (χ0n) is 15.4. The lowest BCUT2D eigenvalue weighted by Crippen LogP contribution is -2.16. The van der Waals surface area contributed by atoms with Gasteiger partial charge in [0.15, 0.2) is 0 Å². The van der Waals surface area contributed by atoms with Crippen molar-refractivity contribution in [2.75, 3.05) is 40.6 Å². The zero-order chi connectivity index (χ0) is 19.1. The predicted molar refractivity (Wildman–Crippen MR) is 100 cm³/mol. The topological polar surface area (TPSA) is 71.3 Å². The van der Waals surface area contributed by atoms with Crippen LogP contribution in [0.15, 0.2) is 48.7 Å². The van der Waals surface area contributed by atoms with Gasteiger partial charge in [-0.05, 0) is 6.07 Å². The van der Waals surface area contributed by atoms with Crippen molar-refractivity contribution in [2.45, 2.75) is 0 Å². The van der Waals surface area contributed by atoms with E-state index in [2.05, 4.69) is 5.10 Å². The Kier molecular flexibility index (Phi) is 6.40. The van der Waals surface area contributed by atoms with Gasteiger partial charge in [0, 0.05) is 17.8 Å². The molecule has 1 fully saturated rings. The number of carbonyl (C=O) groups excluding carboxylic acids is 1. The van der Waals surface area contributed by atoms with Crippen LogP contribution in [0.4, 0.5) is 0 Å². The van der Waals surface area contributed by atoms with Crippen LogP contribution < -0.4 is 4.74 Å². The van der Waals surface area contributed by atoms with Crippen LogP contribution in [0.2, 0.25) is 0 Å². The van der Waals surface area contributed by atoms with Crippen molar-refractivity contribution in [3.8, 4) is 17.0 Å². The van der Waals surface area contributed by atoms with Gasteiger partial charge in [0.1, 0.15) is 17.0 Å². The summed E-state index contributed by atoms with van der Waals surface area (Å²) in [7, 11) is 2.94. The molecule has 27 heavy (non-hydrogen) atoms. The first kappa shape index (κ1) is 18.9. The smallest absolute Gasteiger partial charge is 0.342 e. The van der Waals surface area contributed by atoms with E-state index >= 15 is 0 Å². The van der Waals surface area contributed by atoms with Gasteiger partial charge in [-0.1, -0.05) is 30.3 Å². The molecular formula is C20H22N2O5. The van der Waals surface area contributed by atoms with E-state index in [0.29, 0.717) is 22.5 Å². The van der Waals surface area contributed by atoms with Gasteiger partial charge in [-0.15, -0.1) is 0 Å². The molecule has 0 amide bonds. The summed E-state index contributed by atoms with van der Waals surface area (Å²) in [5, 5.41) is 4.49. The molecule has 1 aliphatic rings. The molecule has 7 heteroatoms. The van der Waals surface area contributed by atoms with Crippen molar-refractivity contribution < 1.29 is 23.7 Å². The highest BCUT2D eigenvalue weighted by Gasteiger charge is 2.21. The van der Waals surface area contributed by atoms with Crippen LogP contribution >= 0.6 is 0 Å². The predicted octanol–water partition coefficient (Wildman–Crippen LogP) is 2.83. The quantitative estimate of drug-likeness (QED) is 0.660. The van der Waals surface area contributed by atoms with Crippen molar-refractivity contribution in [3.63, 3.8) is 0 Å². The third-order valence-electron chi connectivity index (χ3n) is 4.02. The molecule has 0 atom stereocenters. The molecule has 0 spiro atoms. The van der Waals surface area contributed by atoms with Crippen LogP contribution in [0, 0.1) is 0 Å². The summed E-state index contributed by atoms with van der Waals surface area (Å²) in [5.74, 6) is 0.240. The van der Waals surface area contributed by atoms with E-state index in [1.54, 1.807) is 30.0 Å². The third-order valence-corrected chi connectivity index (χ3v) is 4.02. The molecule has 7 nitrogen and oxygen atoms in total. The minimum Gasteiger partial charge on any atom is -0.497 e. The number of carbonyl (C=O) groups is 1. The first-order valence-electron chi connectivity index (χ1n) is 8.60. The molecule has 0 unspecified atom stereocenters. The monoisotopic (exact) mass is 370 g/mol. The van der Waals surface area contributed by atoms with Crippen LogP contribution in [0.1, 0.15) is 10.4 Å². The van der Waals surface area contributed by atoms with Gasteiger partial charge in [0.2, 0.25) is 0 Å². The minimum absolute atomic E-state index is 0.419. The highest BCUT2D eigenvalue weighted by molar-refractivity contribution is 6.03. The van der Waals surface area contributed by atoms with Gasteiger partial charge >= 0.3 is 5.97 Å². The van der Waals surface area contributed by atoms with E-state index in [1.165, 1.54) is 7.11 Å². The Hall–Kier alpha value is -2.90. The van der Waals surface area contributed by atoms with Gasteiger partial charge < -0.3 is 18.9 Å². The van der Waals surface area contributed by atoms with E-state index in [-0.39, 0.29) is 0 Å². The first-order valence-corrected chi connectivity index (χ1v) is 8.60. The summed E-state index contributed by atoms with van der Waals surface area (Å²) in [6.45, 7) is 3.11. The minimum atomic E-state index is -0.419. The summed E-state index contributed by atoms with van der Waals surface area (Å²) >= 11 is 0. The summed E-state index contributed by atoms with van der Waals surface area (Å²) in [6.07, 6.45) is 1.76. The van der Waals surface area contributed by atoms with Crippen LogP contribution in [-0.2, 0) is 14.2 Å². The van der Waals surface area contributed by atoms with E-state index < -0.39 is 5.97 Å². The lowest BCUT2D eigenvalue weighted by molar-refractivity contribution is -0.0334. The van der Waals surface area contributed by atoms with Gasteiger partial charge in [-0.2, -0.15) is 5.10 Å². The third kappa shape index (κ3) is 4.45. The van der Waals surface area contributed by atoms with E-state index in [1.807, 2.05) is 30.3 Å². The van der Waals surface area contributed by atoms with Crippen molar-refractivity contribution >= 4 is 11.5 Å². The Balaban J connectivity index is 0.000000299. The molecular weight excluding hydrogens is 348 g/mol. The van der Waals surface area contributed by atoms with Crippen LogP contribution in [0.25, 0.3) is 16.8 Å². The van der Waals surface area contributed by atoms with Gasteiger partial charge in [-0.25, -0.2) is 9.31 Å². The lowest BCUT2D eigenvalue weighted by Gasteiger charge is -2.09. The number of benzene rings is 1. The highest BCUT2D eigenvalue weighted by atomic mass is 16.6. The number of rotatable bonds is 3. The standard InChI is InChI=1S/C16H14N2O3.C4H8O2/c1-20-12-8-9-18-13(10-12)14(16(19)21-2)15(17-18)11-6-4-3-5-7-11;1-2-6-4-3-5-1/h3-10H,1-2H3;1-4H2. The molecule has 1 aromatic carbocycles. The highest BCUT2D eigenvalue weighted by Crippen LogP contribution is 2.28. The second-order valence-electron chi connectivity index (χ2n) is 5.70. The number of pyridine rings is 1. The van der Waals surface area contributed by atoms with Crippen molar-refractivity contribution in [2.24, 2.45) is 0 Å². The number of hydrogen-bond acceptors (Lipinski definition) is 6. The zero-order valence-corrected chi connectivity index (χ0v) is 15.4. The van der Waals surface area contributed by atoms with Crippen molar-refractivity contribution in [3.05, 3.63) is 54.2 Å². The normalized spacial score (nSPS) is 13.6. The first-order chi connectivity index (χ1) is 13.2. The van der Waals surface area contributed by atoms with Crippen LogP contribution in [-0.4, -0.2) is 56.2 Å². The second kappa shape index (κ2) is 9.16. The van der Waals surface area contributed by atoms with E-state index in [0.717, 1.165) is 32.0 Å². The van der Waals surface area contributed by atoms with E-state index in [9.17, 15) is 4.79 Å². The number of hydrogen-bond donors (Lipinski definition) is 0. The Labute approximate surface area is 157 Å². The number of methoxy groups -OCH3 is 2. The molecule has 142 valence electrons. The lowest BCUT2D eigenvalue weighted by atomic mass is 10.1. The Morgan fingerprint density at radius 3 is 2.26 bits per heavy atom. The summed E-state index contributed by atoms with van der Waals surface area (Å²) < 4.78 is 21.7. The largest absolute Gasteiger partial charge is 0.497 e. The van der Waals surface area contributed by atoms with Gasteiger partial charge in [0.05, 0.1) is 46.2 Å². The Morgan fingerprint density at radius 1 is 1.04 bits per heavy atom. The average Bonchev–Trinajstić information content (AvgIpc) is 3.14. The second-order valence-corrected chi connectivity index (χ2v) is 5.70. The fourth-order valence-corrected chi connectivity index (χ4v) is 2.69. The van der Waals surface area contributed by atoms with Crippen molar-refractivity contribution in [1.82, 2.24) is 9.61 Å². The van der Waals surface area contributed by atoms with Crippen LogP contribution in [0.3, 0.4) is 0 Å². The average molecular weight is 370 g/mol.